The van der Waals surface area contributed by atoms with Crippen LogP contribution in [-0.4, -0.2) is 27.3 Å². The Morgan fingerprint density at radius 2 is 1.69 bits per heavy atom. The summed E-state index contributed by atoms with van der Waals surface area (Å²) in [6.07, 6.45) is 7.05. The molecule has 39 heavy (non-hydrogen) atoms. The zero-order valence-corrected chi connectivity index (χ0v) is 22.6. The molecule has 4 nitrogen and oxygen atoms in total. The minimum absolute atomic E-state index is 0.931. The van der Waals surface area contributed by atoms with Gasteiger partial charge in [0.05, 0.1) is 28.0 Å². The van der Waals surface area contributed by atoms with Gasteiger partial charge in [-0.2, -0.15) is 0 Å². The molecule has 0 aliphatic carbocycles. The number of benzene rings is 3. The maximum absolute atomic E-state index is 5.23. The van der Waals surface area contributed by atoms with E-state index in [0.717, 1.165) is 61.4 Å². The van der Waals surface area contributed by atoms with Crippen molar-refractivity contribution in [2.75, 3.05) is 7.05 Å². The van der Waals surface area contributed by atoms with Crippen molar-refractivity contribution in [1.29, 1.82) is 0 Å². The van der Waals surface area contributed by atoms with Crippen LogP contribution in [0.4, 0.5) is 0 Å². The van der Waals surface area contributed by atoms with Crippen LogP contribution in [0.5, 0.6) is 0 Å². The topological polar surface area (TPSA) is 43.1 Å². The van der Waals surface area contributed by atoms with Gasteiger partial charge >= 0.3 is 0 Å². The predicted molar refractivity (Wildman–Crippen MR) is 167 cm³/mol. The number of pyridine rings is 2. The molecule has 0 fully saturated rings. The molecule has 0 unspecified atom stereocenters. The Labute approximate surface area is 230 Å². The fourth-order valence-corrected chi connectivity index (χ4v) is 6.44. The van der Waals surface area contributed by atoms with Gasteiger partial charge < -0.3 is 4.57 Å². The molecule has 0 aliphatic heterocycles. The molecule has 7 rings (SSSR count). The molecule has 0 spiro atoms. The molecule has 0 saturated heterocycles. The van der Waals surface area contributed by atoms with E-state index in [1.165, 1.54) is 15.5 Å². The van der Waals surface area contributed by atoms with Crippen molar-refractivity contribution in [3.05, 3.63) is 115 Å². The third-order valence-corrected chi connectivity index (χ3v) is 8.26. The van der Waals surface area contributed by atoms with E-state index in [2.05, 4.69) is 112 Å². The summed E-state index contributed by atoms with van der Waals surface area (Å²) < 4.78 is 3.60. The van der Waals surface area contributed by atoms with Crippen LogP contribution in [0.25, 0.3) is 59.2 Å². The first-order valence-corrected chi connectivity index (χ1v) is 14.0. The molecule has 5 heteroatoms. The lowest BCUT2D eigenvalue weighted by molar-refractivity contribution is 1.17. The van der Waals surface area contributed by atoms with Crippen LogP contribution in [0.15, 0.2) is 114 Å². The van der Waals surface area contributed by atoms with Gasteiger partial charge in [-0.15, -0.1) is 11.3 Å². The highest BCUT2D eigenvalue weighted by atomic mass is 32.1. The summed E-state index contributed by atoms with van der Waals surface area (Å²) in [7, 11) is 1.85. The molecule has 0 amide bonds. The minimum atomic E-state index is 0.931. The fourth-order valence-electron chi connectivity index (χ4n) is 5.38. The molecule has 0 aliphatic rings. The van der Waals surface area contributed by atoms with Gasteiger partial charge in [0.2, 0.25) is 0 Å². The Balaban J connectivity index is 1.58. The second-order valence-corrected chi connectivity index (χ2v) is 10.6. The second-order valence-electron chi connectivity index (χ2n) is 9.56. The van der Waals surface area contributed by atoms with E-state index in [-0.39, 0.29) is 0 Å². The van der Waals surface area contributed by atoms with Crippen molar-refractivity contribution in [3.8, 4) is 16.9 Å². The summed E-state index contributed by atoms with van der Waals surface area (Å²) in [5.41, 5.74) is 8.29. The van der Waals surface area contributed by atoms with Crippen molar-refractivity contribution in [2.45, 2.75) is 13.3 Å². The van der Waals surface area contributed by atoms with Crippen LogP contribution in [0.1, 0.15) is 18.9 Å². The standard InChI is InChI=1S/C34H26N4S/c1-3-4-13-28(35-2)22-18-23(29-14-9-10-17-36-29)20-24(19-22)38-30-15-7-5-12-26(30)33-31(38)21-27-25-11-6-8-16-32(25)39-34(27)37-33/h4-21H,3H2,1-2H3/b13-4-,35-28?. The van der Waals surface area contributed by atoms with Crippen LogP contribution in [0, 0.1) is 0 Å². The first-order chi connectivity index (χ1) is 19.2. The van der Waals surface area contributed by atoms with Gasteiger partial charge in [0.15, 0.2) is 0 Å². The van der Waals surface area contributed by atoms with Crippen LogP contribution in [0.3, 0.4) is 0 Å². The molecular weight excluding hydrogens is 496 g/mol. The van der Waals surface area contributed by atoms with E-state index in [1.807, 2.05) is 25.4 Å². The van der Waals surface area contributed by atoms with E-state index in [1.54, 1.807) is 11.3 Å². The van der Waals surface area contributed by atoms with Gasteiger partial charge in [-0.1, -0.05) is 55.5 Å². The lowest BCUT2D eigenvalue weighted by atomic mass is 10.0. The van der Waals surface area contributed by atoms with Crippen LogP contribution in [0.2, 0.25) is 0 Å². The number of rotatable bonds is 5. The van der Waals surface area contributed by atoms with E-state index < -0.39 is 0 Å². The highest BCUT2D eigenvalue weighted by Gasteiger charge is 2.18. The summed E-state index contributed by atoms with van der Waals surface area (Å²) >= 11 is 1.75. The number of fused-ring (bicyclic) bond motifs is 6. The predicted octanol–water partition coefficient (Wildman–Crippen LogP) is 8.99. The van der Waals surface area contributed by atoms with Gasteiger partial charge in [0.1, 0.15) is 4.83 Å². The first-order valence-electron chi connectivity index (χ1n) is 13.2. The number of hydrogen-bond acceptors (Lipinski definition) is 4. The molecule has 0 bridgehead atoms. The zero-order chi connectivity index (χ0) is 26.3. The number of allylic oxidation sites excluding steroid dienone is 2. The van der Waals surface area contributed by atoms with Crippen molar-refractivity contribution in [1.82, 2.24) is 14.5 Å². The van der Waals surface area contributed by atoms with Crippen LogP contribution in [-0.2, 0) is 0 Å². The van der Waals surface area contributed by atoms with E-state index >= 15 is 0 Å². The van der Waals surface area contributed by atoms with E-state index in [4.69, 9.17) is 4.98 Å². The SMILES string of the molecule is CC/C=C\C(=NC)c1cc(-c2ccccn2)cc(-n2c3ccccc3c3nc4sc5ccccc5c4cc32)c1. The number of thiophene rings is 1. The minimum Gasteiger partial charge on any atom is -0.308 e. The molecule has 188 valence electrons. The number of nitrogens with zero attached hydrogens (tertiary/aromatic N) is 4. The monoisotopic (exact) mass is 522 g/mol. The Morgan fingerprint density at radius 1 is 0.872 bits per heavy atom. The highest BCUT2D eigenvalue weighted by Crippen LogP contribution is 2.39. The molecule has 4 aromatic heterocycles. The zero-order valence-electron chi connectivity index (χ0n) is 21.8. The normalized spacial score (nSPS) is 12.5. The first kappa shape index (κ1) is 23.5. The Morgan fingerprint density at radius 3 is 2.51 bits per heavy atom. The van der Waals surface area contributed by atoms with Crippen molar-refractivity contribution in [2.24, 2.45) is 4.99 Å². The Hall–Kier alpha value is -4.61. The van der Waals surface area contributed by atoms with Gasteiger partial charge in [-0.05, 0) is 61.0 Å². The molecule has 4 heterocycles. The lowest BCUT2D eigenvalue weighted by Crippen LogP contribution is -2.02. The number of hydrogen-bond donors (Lipinski definition) is 0. The molecule has 7 aromatic rings. The van der Waals surface area contributed by atoms with Gasteiger partial charge in [-0.25, -0.2) is 4.98 Å². The second kappa shape index (κ2) is 9.61. The summed E-state index contributed by atoms with van der Waals surface area (Å²) in [6, 6.07) is 32.1. The Kier molecular flexibility index (Phi) is 5.79. The van der Waals surface area contributed by atoms with Crippen molar-refractivity contribution < 1.29 is 0 Å². The van der Waals surface area contributed by atoms with Gasteiger partial charge in [0.25, 0.3) is 0 Å². The van der Waals surface area contributed by atoms with Crippen molar-refractivity contribution >= 4 is 59.3 Å². The molecule has 0 N–H and O–H groups in total. The Bertz CT molecular complexity index is 2060. The summed E-state index contributed by atoms with van der Waals surface area (Å²) in [5.74, 6) is 0. The average molecular weight is 523 g/mol. The number of para-hydroxylation sites is 1. The third-order valence-electron chi connectivity index (χ3n) is 7.18. The summed E-state index contributed by atoms with van der Waals surface area (Å²) in [6.45, 7) is 2.14. The molecule has 0 atom stereocenters. The van der Waals surface area contributed by atoms with Gasteiger partial charge in [-0.3, -0.25) is 9.98 Å². The number of aliphatic imine (C=N–C) groups is 1. The molecule has 0 saturated carbocycles. The van der Waals surface area contributed by atoms with E-state index in [9.17, 15) is 0 Å². The maximum atomic E-state index is 5.23. The summed E-state index contributed by atoms with van der Waals surface area (Å²) in [4.78, 5) is 15.6. The molecule has 0 radical (unpaired) electrons. The quantitative estimate of drug-likeness (QED) is 0.212. The third kappa shape index (κ3) is 3.94. The average Bonchev–Trinajstić information content (AvgIpc) is 3.51. The molecule has 3 aromatic carbocycles. The molecular formula is C34H26N4S. The smallest absolute Gasteiger partial charge is 0.125 e. The largest absolute Gasteiger partial charge is 0.308 e. The van der Waals surface area contributed by atoms with Crippen LogP contribution < -0.4 is 0 Å². The summed E-state index contributed by atoms with van der Waals surface area (Å²) in [5, 5.41) is 3.58. The van der Waals surface area contributed by atoms with Gasteiger partial charge in [0, 0.05) is 50.9 Å². The lowest BCUT2D eigenvalue weighted by Gasteiger charge is -2.13. The number of aromatic nitrogens is 3. The fraction of sp³-hybridized carbons (Fsp3) is 0.0882. The highest BCUT2D eigenvalue weighted by molar-refractivity contribution is 7.25. The maximum Gasteiger partial charge on any atom is 0.125 e. The van der Waals surface area contributed by atoms with Crippen LogP contribution >= 0.6 is 11.3 Å². The van der Waals surface area contributed by atoms with Crippen molar-refractivity contribution in [3.63, 3.8) is 0 Å². The van der Waals surface area contributed by atoms with E-state index in [0.29, 0.717) is 0 Å².